The predicted molar refractivity (Wildman–Crippen MR) is 116 cm³/mol. The molecule has 3 heterocycles. The lowest BCUT2D eigenvalue weighted by Gasteiger charge is -2.07. The summed E-state index contributed by atoms with van der Waals surface area (Å²) in [5.41, 5.74) is 3.73. The smallest absolute Gasteiger partial charge is 0.249 e. The fourth-order valence-corrected chi connectivity index (χ4v) is 4.57. The molecule has 0 spiro atoms. The number of hydrogen-bond acceptors (Lipinski definition) is 6. The standard InChI is InChI=1S/C22H23N5O2S/c1-2-3-4-5-14-30(28,29)22-24-13-10-21(26-22)27-16-25-19-15-18(6-7-20(19)27)17-8-11-23-12-9-17/h6-13,15-16H,2-5,14H2,1H3. The van der Waals surface area contributed by atoms with Gasteiger partial charge in [-0.1, -0.05) is 32.3 Å². The van der Waals surface area contributed by atoms with Gasteiger partial charge < -0.3 is 0 Å². The molecule has 154 valence electrons. The Morgan fingerprint density at radius 3 is 2.53 bits per heavy atom. The quantitative estimate of drug-likeness (QED) is 0.312. The zero-order valence-electron chi connectivity index (χ0n) is 16.8. The number of fused-ring (bicyclic) bond motifs is 1. The molecule has 0 bridgehead atoms. The molecule has 0 atom stereocenters. The van der Waals surface area contributed by atoms with Crippen molar-refractivity contribution in [3.8, 4) is 16.9 Å². The summed E-state index contributed by atoms with van der Waals surface area (Å²) >= 11 is 0. The maximum absolute atomic E-state index is 12.6. The molecule has 4 aromatic rings. The molecule has 0 fully saturated rings. The minimum absolute atomic E-state index is 0.0659. The van der Waals surface area contributed by atoms with Gasteiger partial charge in [0, 0.05) is 18.6 Å². The third-order valence-corrected chi connectivity index (χ3v) is 6.55. The van der Waals surface area contributed by atoms with E-state index >= 15 is 0 Å². The topological polar surface area (TPSA) is 90.6 Å². The Morgan fingerprint density at radius 2 is 1.73 bits per heavy atom. The van der Waals surface area contributed by atoms with Crippen LogP contribution in [0.3, 0.4) is 0 Å². The molecule has 3 aromatic heterocycles. The molecule has 0 unspecified atom stereocenters. The average molecular weight is 422 g/mol. The Balaban J connectivity index is 1.64. The first-order chi connectivity index (χ1) is 14.6. The van der Waals surface area contributed by atoms with Gasteiger partial charge in [-0.2, -0.15) is 0 Å². The molecule has 0 saturated heterocycles. The molecular formula is C22H23N5O2S. The molecule has 0 aliphatic heterocycles. The summed E-state index contributed by atoms with van der Waals surface area (Å²) in [6.07, 6.45) is 10.2. The van der Waals surface area contributed by atoms with E-state index in [-0.39, 0.29) is 10.9 Å². The third kappa shape index (κ3) is 4.23. The first kappa shape index (κ1) is 20.2. The van der Waals surface area contributed by atoms with Gasteiger partial charge in [-0.15, -0.1) is 0 Å². The summed E-state index contributed by atoms with van der Waals surface area (Å²) in [6.45, 7) is 2.09. The first-order valence-electron chi connectivity index (χ1n) is 10.0. The molecule has 8 heteroatoms. The summed E-state index contributed by atoms with van der Waals surface area (Å²) in [5.74, 6) is 0.549. The van der Waals surface area contributed by atoms with E-state index in [1.165, 1.54) is 6.20 Å². The van der Waals surface area contributed by atoms with Crippen LogP contribution in [-0.2, 0) is 9.84 Å². The third-order valence-electron chi connectivity index (χ3n) is 4.97. The van der Waals surface area contributed by atoms with Gasteiger partial charge in [-0.05, 0) is 47.9 Å². The minimum atomic E-state index is -3.51. The van der Waals surface area contributed by atoms with Crippen molar-refractivity contribution in [1.82, 2.24) is 24.5 Å². The van der Waals surface area contributed by atoms with Crippen LogP contribution in [0.5, 0.6) is 0 Å². The maximum atomic E-state index is 12.6. The summed E-state index contributed by atoms with van der Waals surface area (Å²) in [4.78, 5) is 16.9. The SMILES string of the molecule is CCCCCCS(=O)(=O)c1nccc(-n2cnc3cc(-c4ccncc4)ccc32)n1. The zero-order chi connectivity index (χ0) is 21.0. The normalized spacial score (nSPS) is 11.8. The van der Waals surface area contributed by atoms with Gasteiger partial charge >= 0.3 is 0 Å². The number of sulfone groups is 1. The Labute approximate surface area is 175 Å². The molecular weight excluding hydrogens is 398 g/mol. The van der Waals surface area contributed by atoms with E-state index in [0.29, 0.717) is 12.2 Å². The van der Waals surface area contributed by atoms with Gasteiger partial charge in [-0.3, -0.25) is 9.55 Å². The van der Waals surface area contributed by atoms with Crippen LogP contribution in [0.25, 0.3) is 28.0 Å². The van der Waals surface area contributed by atoms with Gasteiger partial charge in [0.2, 0.25) is 15.0 Å². The van der Waals surface area contributed by atoms with Crippen molar-refractivity contribution in [2.75, 3.05) is 5.75 Å². The average Bonchev–Trinajstić information content (AvgIpc) is 3.21. The lowest BCUT2D eigenvalue weighted by Crippen LogP contribution is -2.12. The van der Waals surface area contributed by atoms with Crippen LogP contribution in [0.1, 0.15) is 32.6 Å². The van der Waals surface area contributed by atoms with Crippen LogP contribution in [0.15, 0.2) is 66.5 Å². The molecule has 0 saturated carbocycles. The van der Waals surface area contributed by atoms with E-state index in [2.05, 4.69) is 26.9 Å². The summed E-state index contributed by atoms with van der Waals surface area (Å²) in [7, 11) is -3.51. The van der Waals surface area contributed by atoms with Crippen molar-refractivity contribution in [3.63, 3.8) is 0 Å². The van der Waals surface area contributed by atoms with Crippen LogP contribution >= 0.6 is 0 Å². The van der Waals surface area contributed by atoms with E-state index < -0.39 is 9.84 Å². The Kier molecular flexibility index (Phi) is 5.85. The Hall–Kier alpha value is -3.13. The molecule has 0 amide bonds. The van der Waals surface area contributed by atoms with Crippen LogP contribution < -0.4 is 0 Å². The summed E-state index contributed by atoms with van der Waals surface area (Å²) in [6, 6.07) is 11.5. The van der Waals surface area contributed by atoms with Crippen LogP contribution in [0.2, 0.25) is 0 Å². The van der Waals surface area contributed by atoms with Crippen molar-refractivity contribution in [2.24, 2.45) is 0 Å². The summed E-state index contributed by atoms with van der Waals surface area (Å²) in [5, 5.41) is -0.133. The fraction of sp³-hybridized carbons (Fsp3) is 0.273. The lowest BCUT2D eigenvalue weighted by atomic mass is 10.1. The highest BCUT2D eigenvalue weighted by Gasteiger charge is 2.19. The second-order valence-electron chi connectivity index (χ2n) is 7.13. The second kappa shape index (κ2) is 8.71. The Bertz CT molecular complexity index is 1250. The minimum Gasteiger partial charge on any atom is -0.283 e. The first-order valence-corrected chi connectivity index (χ1v) is 11.7. The van der Waals surface area contributed by atoms with E-state index in [9.17, 15) is 8.42 Å². The number of unbranched alkanes of at least 4 members (excludes halogenated alkanes) is 3. The van der Waals surface area contributed by atoms with Gasteiger partial charge in [-0.25, -0.2) is 23.4 Å². The monoisotopic (exact) mass is 421 g/mol. The second-order valence-corrected chi connectivity index (χ2v) is 9.13. The molecule has 0 N–H and O–H groups in total. The van der Waals surface area contributed by atoms with Gasteiger partial charge in [0.15, 0.2) is 0 Å². The zero-order valence-corrected chi connectivity index (χ0v) is 17.6. The van der Waals surface area contributed by atoms with Gasteiger partial charge in [0.25, 0.3) is 0 Å². The predicted octanol–water partition coefficient (Wildman–Crippen LogP) is 4.23. The number of hydrogen-bond donors (Lipinski definition) is 0. The van der Waals surface area contributed by atoms with Crippen LogP contribution in [0.4, 0.5) is 0 Å². The largest absolute Gasteiger partial charge is 0.283 e. The van der Waals surface area contributed by atoms with Crippen LogP contribution in [0, 0.1) is 0 Å². The number of nitrogens with zero attached hydrogens (tertiary/aromatic N) is 5. The van der Waals surface area contributed by atoms with E-state index in [4.69, 9.17) is 0 Å². The number of pyridine rings is 1. The highest BCUT2D eigenvalue weighted by atomic mass is 32.2. The number of rotatable bonds is 8. The maximum Gasteiger partial charge on any atom is 0.249 e. The van der Waals surface area contributed by atoms with E-state index in [0.717, 1.165) is 41.4 Å². The van der Waals surface area contributed by atoms with E-state index in [1.807, 2.05) is 30.3 Å². The lowest BCUT2D eigenvalue weighted by molar-refractivity contribution is 0.579. The van der Waals surface area contributed by atoms with Gasteiger partial charge in [0.1, 0.15) is 12.1 Å². The van der Waals surface area contributed by atoms with E-state index in [1.54, 1.807) is 29.4 Å². The number of imidazole rings is 1. The van der Waals surface area contributed by atoms with Gasteiger partial charge in [0.05, 0.1) is 16.8 Å². The molecule has 7 nitrogen and oxygen atoms in total. The molecule has 30 heavy (non-hydrogen) atoms. The molecule has 4 rings (SSSR count). The molecule has 0 aliphatic carbocycles. The highest BCUT2D eigenvalue weighted by Crippen LogP contribution is 2.25. The molecule has 0 radical (unpaired) electrons. The highest BCUT2D eigenvalue weighted by molar-refractivity contribution is 7.91. The van der Waals surface area contributed by atoms with Crippen molar-refractivity contribution in [2.45, 2.75) is 37.8 Å². The van der Waals surface area contributed by atoms with Crippen molar-refractivity contribution in [1.29, 1.82) is 0 Å². The number of aromatic nitrogens is 5. The number of benzene rings is 1. The Morgan fingerprint density at radius 1 is 0.900 bits per heavy atom. The summed E-state index contributed by atoms with van der Waals surface area (Å²) < 4.78 is 27.0. The van der Waals surface area contributed by atoms with Crippen molar-refractivity contribution >= 4 is 20.9 Å². The molecule has 1 aromatic carbocycles. The molecule has 0 aliphatic rings. The van der Waals surface area contributed by atoms with Crippen molar-refractivity contribution < 1.29 is 8.42 Å². The van der Waals surface area contributed by atoms with Crippen molar-refractivity contribution in [3.05, 3.63) is 61.3 Å². The fourth-order valence-electron chi connectivity index (χ4n) is 3.35. The van der Waals surface area contributed by atoms with Crippen LogP contribution in [-0.4, -0.2) is 38.7 Å².